The molecule has 0 radical (unpaired) electrons. The highest BCUT2D eigenvalue weighted by atomic mass is 79.9. The number of hydrogen-bond acceptors (Lipinski definition) is 2. The second-order valence-corrected chi connectivity index (χ2v) is 5.99. The monoisotopic (exact) mass is 341 g/mol. The first-order valence-electron chi connectivity index (χ1n) is 6.82. The molecule has 0 aliphatic carbocycles. The first-order valence-corrected chi connectivity index (χ1v) is 7.62. The van der Waals surface area contributed by atoms with Gasteiger partial charge >= 0.3 is 0 Å². The molecule has 0 aromatic heterocycles. The van der Waals surface area contributed by atoms with Crippen LogP contribution in [0.1, 0.15) is 11.1 Å². The van der Waals surface area contributed by atoms with Gasteiger partial charge in [0, 0.05) is 16.6 Å². The second kappa shape index (κ2) is 5.88. The summed E-state index contributed by atoms with van der Waals surface area (Å²) >= 11 is 3.49. The predicted octanol–water partition coefficient (Wildman–Crippen LogP) is 5.16. The Bertz CT molecular complexity index is 798. The summed E-state index contributed by atoms with van der Waals surface area (Å²) in [5.74, 6) is 1.65. The van der Waals surface area contributed by atoms with Crippen LogP contribution in [0.15, 0.2) is 59.1 Å². The van der Waals surface area contributed by atoms with Crippen LogP contribution in [-0.2, 0) is 6.54 Å². The van der Waals surface area contributed by atoms with Crippen molar-refractivity contribution in [1.29, 1.82) is 0 Å². The summed E-state index contributed by atoms with van der Waals surface area (Å²) in [5.41, 5.74) is 7.95. The van der Waals surface area contributed by atoms with Gasteiger partial charge in [0.25, 0.3) is 0 Å². The Morgan fingerprint density at radius 1 is 0.952 bits per heavy atom. The predicted molar refractivity (Wildman–Crippen MR) is 90.8 cm³/mol. The van der Waals surface area contributed by atoms with Crippen molar-refractivity contribution in [2.75, 3.05) is 0 Å². The Balaban J connectivity index is 1.98. The number of ether oxygens (including phenoxy) is 1. The average Bonchev–Trinajstić information content (AvgIpc) is 2.48. The molecule has 0 fully saturated rings. The van der Waals surface area contributed by atoms with E-state index in [1.807, 2.05) is 43.3 Å². The largest absolute Gasteiger partial charge is 0.457 e. The summed E-state index contributed by atoms with van der Waals surface area (Å²) in [6.07, 6.45) is 0. The van der Waals surface area contributed by atoms with Crippen LogP contribution in [0.5, 0.6) is 11.5 Å². The molecule has 3 rings (SSSR count). The quantitative estimate of drug-likeness (QED) is 0.713. The van der Waals surface area contributed by atoms with Crippen LogP contribution in [0.25, 0.3) is 10.8 Å². The molecule has 0 aliphatic heterocycles. The van der Waals surface area contributed by atoms with E-state index in [0.29, 0.717) is 6.54 Å². The third-order valence-electron chi connectivity index (χ3n) is 3.44. The van der Waals surface area contributed by atoms with Crippen molar-refractivity contribution in [2.24, 2.45) is 5.73 Å². The molecule has 0 saturated carbocycles. The molecular formula is C18H16BrNO. The molecule has 2 N–H and O–H groups in total. The molecule has 0 atom stereocenters. The zero-order valence-corrected chi connectivity index (χ0v) is 13.4. The highest BCUT2D eigenvalue weighted by molar-refractivity contribution is 9.10. The van der Waals surface area contributed by atoms with E-state index in [4.69, 9.17) is 10.5 Å². The Kier molecular flexibility index (Phi) is 3.95. The SMILES string of the molecule is Cc1ccc(CN)c(Oc2ccc3cc(Br)ccc3c2)c1. The van der Waals surface area contributed by atoms with Gasteiger partial charge in [0.1, 0.15) is 11.5 Å². The minimum atomic E-state index is 0.468. The molecule has 3 heteroatoms. The van der Waals surface area contributed by atoms with Gasteiger partial charge < -0.3 is 10.5 Å². The zero-order valence-electron chi connectivity index (χ0n) is 11.8. The summed E-state index contributed by atoms with van der Waals surface area (Å²) in [4.78, 5) is 0. The van der Waals surface area contributed by atoms with Crippen LogP contribution in [0, 0.1) is 6.92 Å². The molecule has 0 heterocycles. The molecule has 0 aliphatic rings. The van der Waals surface area contributed by atoms with E-state index < -0.39 is 0 Å². The van der Waals surface area contributed by atoms with Gasteiger partial charge in [0.2, 0.25) is 0 Å². The Hall–Kier alpha value is -1.84. The maximum atomic E-state index is 6.03. The average molecular weight is 342 g/mol. The van der Waals surface area contributed by atoms with Gasteiger partial charge in [0.05, 0.1) is 0 Å². The second-order valence-electron chi connectivity index (χ2n) is 5.07. The zero-order chi connectivity index (χ0) is 14.8. The maximum Gasteiger partial charge on any atom is 0.132 e. The van der Waals surface area contributed by atoms with E-state index in [0.717, 1.165) is 32.5 Å². The Labute approximate surface area is 132 Å². The number of fused-ring (bicyclic) bond motifs is 1. The molecule has 106 valence electrons. The highest BCUT2D eigenvalue weighted by Crippen LogP contribution is 2.29. The molecule has 21 heavy (non-hydrogen) atoms. The number of aryl methyl sites for hydroxylation is 1. The van der Waals surface area contributed by atoms with Crippen molar-refractivity contribution in [3.05, 3.63) is 70.2 Å². The van der Waals surface area contributed by atoms with Crippen LogP contribution in [0.3, 0.4) is 0 Å². The van der Waals surface area contributed by atoms with Crippen molar-refractivity contribution in [3.8, 4) is 11.5 Å². The minimum Gasteiger partial charge on any atom is -0.457 e. The van der Waals surface area contributed by atoms with Gasteiger partial charge in [-0.2, -0.15) is 0 Å². The Morgan fingerprint density at radius 3 is 2.52 bits per heavy atom. The van der Waals surface area contributed by atoms with Crippen LogP contribution in [0.2, 0.25) is 0 Å². The highest BCUT2D eigenvalue weighted by Gasteiger charge is 2.05. The van der Waals surface area contributed by atoms with Gasteiger partial charge in [-0.15, -0.1) is 0 Å². The standard InChI is InChI=1S/C18H16BrNO/c1-12-2-3-15(11-20)18(8-12)21-17-7-5-13-9-16(19)6-4-14(13)10-17/h2-10H,11,20H2,1H3. The maximum absolute atomic E-state index is 6.03. The lowest BCUT2D eigenvalue weighted by molar-refractivity contribution is 0.477. The third-order valence-corrected chi connectivity index (χ3v) is 3.94. The van der Waals surface area contributed by atoms with E-state index in [2.05, 4.69) is 34.1 Å². The first kappa shape index (κ1) is 14.1. The minimum absolute atomic E-state index is 0.468. The smallest absolute Gasteiger partial charge is 0.132 e. The van der Waals surface area contributed by atoms with E-state index in [1.165, 1.54) is 5.39 Å². The van der Waals surface area contributed by atoms with E-state index in [9.17, 15) is 0 Å². The number of benzene rings is 3. The van der Waals surface area contributed by atoms with Crippen LogP contribution in [0.4, 0.5) is 0 Å². The van der Waals surface area contributed by atoms with Gasteiger partial charge in [-0.3, -0.25) is 0 Å². The number of rotatable bonds is 3. The number of nitrogens with two attached hydrogens (primary N) is 1. The van der Waals surface area contributed by atoms with Gasteiger partial charge in [-0.05, 0) is 53.6 Å². The van der Waals surface area contributed by atoms with Crippen LogP contribution in [-0.4, -0.2) is 0 Å². The van der Waals surface area contributed by atoms with Gasteiger partial charge in [-0.25, -0.2) is 0 Å². The van der Waals surface area contributed by atoms with Gasteiger partial charge in [-0.1, -0.05) is 40.2 Å². The van der Waals surface area contributed by atoms with Crippen LogP contribution >= 0.6 is 15.9 Å². The fraction of sp³-hybridized carbons (Fsp3) is 0.111. The lowest BCUT2D eigenvalue weighted by Gasteiger charge is -2.11. The van der Waals surface area contributed by atoms with Crippen molar-refractivity contribution >= 4 is 26.7 Å². The van der Waals surface area contributed by atoms with Crippen molar-refractivity contribution in [3.63, 3.8) is 0 Å². The normalized spacial score (nSPS) is 10.8. The molecule has 0 spiro atoms. The molecule has 0 bridgehead atoms. The van der Waals surface area contributed by atoms with Gasteiger partial charge in [0.15, 0.2) is 0 Å². The molecule has 0 saturated heterocycles. The Morgan fingerprint density at radius 2 is 1.71 bits per heavy atom. The third kappa shape index (κ3) is 3.09. The fourth-order valence-corrected chi connectivity index (χ4v) is 2.69. The molecule has 0 unspecified atom stereocenters. The molecule has 2 nitrogen and oxygen atoms in total. The number of hydrogen-bond donors (Lipinski definition) is 1. The topological polar surface area (TPSA) is 35.2 Å². The lowest BCUT2D eigenvalue weighted by atomic mass is 10.1. The summed E-state index contributed by atoms with van der Waals surface area (Å²) < 4.78 is 7.10. The van der Waals surface area contributed by atoms with E-state index in [-0.39, 0.29) is 0 Å². The summed E-state index contributed by atoms with van der Waals surface area (Å²) in [7, 11) is 0. The fourth-order valence-electron chi connectivity index (χ4n) is 2.31. The molecular weight excluding hydrogens is 326 g/mol. The van der Waals surface area contributed by atoms with E-state index in [1.54, 1.807) is 0 Å². The lowest BCUT2D eigenvalue weighted by Crippen LogP contribution is -1.99. The molecule has 3 aromatic carbocycles. The molecule has 3 aromatic rings. The van der Waals surface area contributed by atoms with Crippen molar-refractivity contribution in [2.45, 2.75) is 13.5 Å². The summed E-state index contributed by atoms with van der Waals surface area (Å²) in [5, 5.41) is 2.33. The van der Waals surface area contributed by atoms with Crippen LogP contribution < -0.4 is 10.5 Å². The van der Waals surface area contributed by atoms with Crippen molar-refractivity contribution < 1.29 is 4.74 Å². The summed E-state index contributed by atoms with van der Waals surface area (Å²) in [6, 6.07) is 18.4. The molecule has 0 amide bonds. The first-order chi connectivity index (χ1) is 10.2. The number of halogens is 1. The van der Waals surface area contributed by atoms with E-state index >= 15 is 0 Å². The van der Waals surface area contributed by atoms with Crippen molar-refractivity contribution in [1.82, 2.24) is 0 Å². The summed E-state index contributed by atoms with van der Waals surface area (Å²) in [6.45, 7) is 2.52.